The minimum atomic E-state index is -3.09. The Morgan fingerprint density at radius 2 is 2.12 bits per heavy atom. The maximum atomic E-state index is 12.7. The van der Waals surface area contributed by atoms with E-state index < -0.39 is 9.84 Å². The third kappa shape index (κ3) is 3.88. The number of carbonyl (C=O) groups excluding carboxylic acids is 1. The van der Waals surface area contributed by atoms with Crippen molar-refractivity contribution in [2.75, 3.05) is 27.9 Å². The largest absolute Gasteiger partial charge is 0.368 e. The van der Waals surface area contributed by atoms with Gasteiger partial charge >= 0.3 is 0 Å². The Kier molecular flexibility index (Phi) is 4.76. The van der Waals surface area contributed by atoms with E-state index in [1.54, 1.807) is 17.0 Å². The number of nitrogen functional groups attached to an aromatic ring is 1. The number of benzene rings is 1. The summed E-state index contributed by atoms with van der Waals surface area (Å²) in [5.41, 5.74) is 6.15. The number of anilines is 2. The molecule has 1 aliphatic rings. The Morgan fingerprint density at radius 1 is 1.38 bits per heavy atom. The lowest BCUT2D eigenvalue weighted by Crippen LogP contribution is -2.42. The van der Waals surface area contributed by atoms with Crippen molar-refractivity contribution in [2.24, 2.45) is 0 Å². The average Bonchev–Trinajstić information content (AvgIpc) is 3.12. The maximum absolute atomic E-state index is 12.7. The summed E-state index contributed by atoms with van der Waals surface area (Å²) in [7, 11) is -3.09. The molecule has 2 heterocycles. The molecule has 24 heavy (non-hydrogen) atoms. The van der Waals surface area contributed by atoms with Crippen LogP contribution in [-0.2, 0) is 14.6 Å². The van der Waals surface area contributed by atoms with Gasteiger partial charge in [-0.2, -0.15) is 4.98 Å². The summed E-state index contributed by atoms with van der Waals surface area (Å²) in [4.78, 5) is 18.3. The van der Waals surface area contributed by atoms with Crippen molar-refractivity contribution < 1.29 is 13.2 Å². The zero-order valence-electron chi connectivity index (χ0n) is 12.8. The molecular formula is C14H17N5O3S2. The van der Waals surface area contributed by atoms with E-state index in [-0.39, 0.29) is 35.2 Å². The van der Waals surface area contributed by atoms with Crippen molar-refractivity contribution in [2.45, 2.75) is 17.6 Å². The van der Waals surface area contributed by atoms with Crippen molar-refractivity contribution in [1.82, 2.24) is 15.2 Å². The van der Waals surface area contributed by atoms with Crippen LogP contribution in [0.3, 0.4) is 0 Å². The number of thioether (sulfide) groups is 1. The first-order chi connectivity index (χ1) is 11.4. The van der Waals surface area contributed by atoms with Gasteiger partial charge in [-0.15, -0.1) is 5.10 Å². The fourth-order valence-corrected chi connectivity index (χ4v) is 5.01. The van der Waals surface area contributed by atoms with E-state index in [4.69, 9.17) is 5.73 Å². The van der Waals surface area contributed by atoms with Gasteiger partial charge in [-0.3, -0.25) is 4.79 Å². The van der Waals surface area contributed by atoms with Gasteiger partial charge in [0.15, 0.2) is 9.84 Å². The molecule has 0 bridgehead atoms. The Hall–Kier alpha value is -2.07. The molecule has 1 aromatic heterocycles. The molecule has 1 fully saturated rings. The van der Waals surface area contributed by atoms with E-state index in [0.717, 1.165) is 11.8 Å². The molecule has 0 saturated carbocycles. The van der Waals surface area contributed by atoms with Crippen LogP contribution in [0.15, 0.2) is 35.5 Å². The molecule has 1 saturated heterocycles. The normalized spacial score (nSPS) is 19.2. The quantitative estimate of drug-likeness (QED) is 0.746. The molecule has 1 atom stereocenters. The second-order valence-corrected chi connectivity index (χ2v) is 8.62. The van der Waals surface area contributed by atoms with Crippen LogP contribution < -0.4 is 10.6 Å². The van der Waals surface area contributed by atoms with E-state index in [0.29, 0.717) is 17.3 Å². The van der Waals surface area contributed by atoms with Gasteiger partial charge in [0.2, 0.25) is 17.0 Å². The Morgan fingerprint density at radius 3 is 2.71 bits per heavy atom. The van der Waals surface area contributed by atoms with Crippen LogP contribution in [0, 0.1) is 0 Å². The van der Waals surface area contributed by atoms with E-state index in [9.17, 15) is 13.2 Å². The highest BCUT2D eigenvalue weighted by Crippen LogP contribution is 2.26. The molecule has 2 aromatic rings. The fourth-order valence-electron chi connectivity index (χ4n) is 2.64. The highest BCUT2D eigenvalue weighted by molar-refractivity contribution is 7.99. The fraction of sp³-hybridized carbons (Fsp3) is 0.357. The summed E-state index contributed by atoms with van der Waals surface area (Å²) in [5.74, 6) is 0.205. The molecule has 0 spiro atoms. The predicted octanol–water partition coefficient (Wildman–Crippen LogP) is 0.699. The van der Waals surface area contributed by atoms with Gasteiger partial charge in [0.05, 0.1) is 23.3 Å². The summed E-state index contributed by atoms with van der Waals surface area (Å²) >= 11 is 1.16. The second kappa shape index (κ2) is 6.81. The number of sulfone groups is 1. The van der Waals surface area contributed by atoms with Gasteiger partial charge in [-0.05, 0) is 18.6 Å². The first-order valence-corrected chi connectivity index (χ1v) is 10.1. The molecule has 1 aliphatic heterocycles. The van der Waals surface area contributed by atoms with E-state index >= 15 is 0 Å². The third-order valence-corrected chi connectivity index (χ3v) is 6.27. The molecule has 10 heteroatoms. The molecule has 128 valence electrons. The Labute approximate surface area is 143 Å². The zero-order chi connectivity index (χ0) is 17.2. The van der Waals surface area contributed by atoms with Crippen LogP contribution in [0.2, 0.25) is 0 Å². The minimum absolute atomic E-state index is 0.00803. The Bertz CT molecular complexity index is 822. The lowest BCUT2D eigenvalue weighted by Gasteiger charge is -2.28. The smallest absolute Gasteiger partial charge is 0.237 e. The van der Waals surface area contributed by atoms with Gasteiger partial charge < -0.3 is 10.6 Å². The number of para-hydroxylation sites is 1. The molecule has 3 rings (SSSR count). The predicted molar refractivity (Wildman–Crippen MR) is 92.5 cm³/mol. The van der Waals surface area contributed by atoms with Gasteiger partial charge in [0, 0.05) is 5.69 Å². The summed E-state index contributed by atoms with van der Waals surface area (Å²) < 4.78 is 23.6. The standard InChI is InChI=1S/C14H17N5O3S2/c15-13-16-14(18-17-13)23-8-12(20)19(10-4-2-1-3-5-10)11-6-7-24(21,22)9-11/h1-5,11H,6-9H2,(H3,15,16,17,18)/t11-/m0/s1. The van der Waals surface area contributed by atoms with Crippen LogP contribution in [0.25, 0.3) is 0 Å². The second-order valence-electron chi connectivity index (χ2n) is 5.45. The van der Waals surface area contributed by atoms with Crippen molar-refractivity contribution in [3.05, 3.63) is 30.3 Å². The van der Waals surface area contributed by atoms with Gasteiger partial charge in [0.1, 0.15) is 0 Å². The first-order valence-electron chi connectivity index (χ1n) is 7.33. The molecule has 1 aromatic carbocycles. The molecular weight excluding hydrogens is 350 g/mol. The van der Waals surface area contributed by atoms with Crippen LogP contribution in [0.1, 0.15) is 6.42 Å². The summed E-state index contributed by atoms with van der Waals surface area (Å²) in [5, 5.41) is 6.77. The van der Waals surface area contributed by atoms with Crippen LogP contribution in [-0.4, -0.2) is 52.8 Å². The molecule has 0 aliphatic carbocycles. The molecule has 1 amide bonds. The summed E-state index contributed by atoms with van der Waals surface area (Å²) in [6, 6.07) is 8.76. The van der Waals surface area contributed by atoms with Crippen molar-refractivity contribution >= 4 is 39.1 Å². The number of H-pyrrole nitrogens is 1. The maximum Gasteiger partial charge on any atom is 0.237 e. The van der Waals surface area contributed by atoms with Crippen LogP contribution in [0.4, 0.5) is 11.6 Å². The highest BCUT2D eigenvalue weighted by atomic mass is 32.2. The number of carbonyl (C=O) groups is 1. The lowest BCUT2D eigenvalue weighted by molar-refractivity contribution is -0.116. The number of amides is 1. The first kappa shape index (κ1) is 16.8. The molecule has 0 radical (unpaired) electrons. The van der Waals surface area contributed by atoms with Crippen molar-refractivity contribution in [1.29, 1.82) is 0 Å². The molecule has 8 nitrogen and oxygen atoms in total. The number of nitrogens with zero attached hydrogens (tertiary/aromatic N) is 3. The monoisotopic (exact) mass is 367 g/mol. The summed E-state index contributed by atoms with van der Waals surface area (Å²) in [6.45, 7) is 0. The number of nitrogens with two attached hydrogens (primary N) is 1. The number of nitrogens with one attached hydrogen (secondary N) is 1. The Balaban J connectivity index is 1.77. The SMILES string of the molecule is Nc1nc(SCC(=O)N(c2ccccc2)[C@H]2CCS(=O)(=O)C2)n[nH]1. The van der Waals surface area contributed by atoms with E-state index in [2.05, 4.69) is 15.2 Å². The molecule has 0 unspecified atom stereocenters. The lowest BCUT2D eigenvalue weighted by atomic mass is 10.2. The number of rotatable bonds is 5. The number of aromatic amines is 1. The minimum Gasteiger partial charge on any atom is -0.368 e. The van der Waals surface area contributed by atoms with Gasteiger partial charge in [-0.1, -0.05) is 30.0 Å². The number of hydrogen-bond donors (Lipinski definition) is 2. The topological polar surface area (TPSA) is 122 Å². The van der Waals surface area contributed by atoms with E-state index in [1.165, 1.54) is 0 Å². The average molecular weight is 367 g/mol. The van der Waals surface area contributed by atoms with Crippen LogP contribution in [0.5, 0.6) is 0 Å². The third-order valence-electron chi connectivity index (χ3n) is 3.68. The van der Waals surface area contributed by atoms with Crippen molar-refractivity contribution in [3.63, 3.8) is 0 Å². The van der Waals surface area contributed by atoms with Crippen LogP contribution >= 0.6 is 11.8 Å². The van der Waals surface area contributed by atoms with Gasteiger partial charge in [-0.25, -0.2) is 13.5 Å². The van der Waals surface area contributed by atoms with Gasteiger partial charge in [0.25, 0.3) is 0 Å². The summed E-state index contributed by atoms with van der Waals surface area (Å²) in [6.07, 6.45) is 0.446. The highest BCUT2D eigenvalue weighted by Gasteiger charge is 2.35. The number of hydrogen-bond acceptors (Lipinski definition) is 7. The van der Waals surface area contributed by atoms with Crippen molar-refractivity contribution in [3.8, 4) is 0 Å². The molecule has 3 N–H and O–H groups in total. The number of aromatic nitrogens is 3. The van der Waals surface area contributed by atoms with E-state index in [1.807, 2.05) is 18.2 Å². The zero-order valence-corrected chi connectivity index (χ0v) is 14.4.